The molecule has 0 saturated carbocycles. The molecule has 4 rings (SSSR count). The second-order valence-corrected chi connectivity index (χ2v) is 7.88. The Kier molecular flexibility index (Phi) is 5.75. The summed E-state index contributed by atoms with van der Waals surface area (Å²) in [5, 5.41) is 0. The van der Waals surface area contributed by atoms with Crippen molar-refractivity contribution in [3.8, 4) is 5.88 Å². The van der Waals surface area contributed by atoms with Crippen molar-refractivity contribution >= 4 is 11.8 Å². The van der Waals surface area contributed by atoms with Gasteiger partial charge in [0.15, 0.2) is 0 Å². The Morgan fingerprint density at radius 3 is 2.68 bits per heavy atom. The van der Waals surface area contributed by atoms with Gasteiger partial charge in [0.2, 0.25) is 17.7 Å². The first-order valence-electron chi connectivity index (χ1n) is 10.2. The topological polar surface area (TPSA) is 84.9 Å². The molecule has 2 amide bonds. The maximum atomic E-state index is 12.9. The first-order chi connectivity index (χ1) is 13.6. The molecule has 3 aliphatic heterocycles. The van der Waals surface area contributed by atoms with E-state index in [1.807, 2.05) is 16.7 Å². The van der Waals surface area contributed by atoms with Crippen molar-refractivity contribution in [1.29, 1.82) is 0 Å². The van der Waals surface area contributed by atoms with Gasteiger partial charge in [0.1, 0.15) is 11.9 Å². The molecule has 1 aromatic heterocycles. The number of ether oxygens (including phenoxy) is 2. The minimum Gasteiger partial charge on any atom is -0.474 e. The zero-order valence-corrected chi connectivity index (χ0v) is 16.4. The highest BCUT2D eigenvalue weighted by Gasteiger charge is 2.40. The maximum absolute atomic E-state index is 12.9. The van der Waals surface area contributed by atoms with Crippen LogP contribution in [0.1, 0.15) is 37.9 Å². The molecule has 8 heteroatoms. The normalized spacial score (nSPS) is 24.6. The molecule has 0 radical (unpaired) electrons. The van der Waals surface area contributed by atoms with Crippen LogP contribution < -0.4 is 4.74 Å². The molecule has 0 N–H and O–H groups in total. The third-order valence-corrected chi connectivity index (χ3v) is 5.93. The Labute approximate surface area is 165 Å². The Bertz CT molecular complexity index is 714. The van der Waals surface area contributed by atoms with Crippen molar-refractivity contribution < 1.29 is 19.1 Å². The molecule has 3 saturated heterocycles. The van der Waals surface area contributed by atoms with Gasteiger partial charge >= 0.3 is 0 Å². The van der Waals surface area contributed by atoms with Crippen LogP contribution in [-0.2, 0) is 14.3 Å². The molecule has 0 spiro atoms. The smallest absolute Gasteiger partial charge is 0.227 e. The average molecular weight is 388 g/mol. The fraction of sp³-hybridized carbons (Fsp3) is 0.700. The molecule has 0 bridgehead atoms. The Hall–Kier alpha value is -2.22. The van der Waals surface area contributed by atoms with Gasteiger partial charge in [0.25, 0.3) is 0 Å². The molecule has 8 nitrogen and oxygen atoms in total. The number of nitrogens with zero attached hydrogens (tertiary/aromatic N) is 4. The third kappa shape index (κ3) is 4.27. The van der Waals surface area contributed by atoms with Crippen molar-refractivity contribution in [2.24, 2.45) is 5.92 Å². The molecule has 0 aromatic carbocycles. The lowest BCUT2D eigenvalue weighted by Crippen LogP contribution is -2.45. The van der Waals surface area contributed by atoms with Gasteiger partial charge in [0.05, 0.1) is 5.92 Å². The van der Waals surface area contributed by atoms with Crippen LogP contribution in [0.2, 0.25) is 0 Å². The highest BCUT2D eigenvalue weighted by molar-refractivity contribution is 5.89. The van der Waals surface area contributed by atoms with Crippen LogP contribution in [0.5, 0.6) is 5.88 Å². The fourth-order valence-corrected chi connectivity index (χ4v) is 4.37. The molecule has 1 atom stereocenters. The van der Waals surface area contributed by atoms with Gasteiger partial charge in [0, 0.05) is 70.4 Å². The first kappa shape index (κ1) is 19.1. The summed E-state index contributed by atoms with van der Waals surface area (Å²) in [5.74, 6) is 1.29. The van der Waals surface area contributed by atoms with E-state index in [9.17, 15) is 9.59 Å². The van der Waals surface area contributed by atoms with Crippen LogP contribution >= 0.6 is 0 Å². The molecule has 0 aliphatic carbocycles. The van der Waals surface area contributed by atoms with E-state index in [1.54, 1.807) is 12.3 Å². The second kappa shape index (κ2) is 8.43. The van der Waals surface area contributed by atoms with E-state index in [0.717, 1.165) is 25.7 Å². The standard InChI is InChI=1S/C20H28N4O4/c1-14-21-7-2-18(22-14)28-17-3-8-23(9-4-17)20(26)15-12-19(25)24(13-15)16-5-10-27-11-6-16/h2,7,15-17H,3-6,8-13H2,1H3. The van der Waals surface area contributed by atoms with E-state index in [2.05, 4.69) is 9.97 Å². The zero-order valence-electron chi connectivity index (χ0n) is 16.4. The molecule has 3 fully saturated rings. The number of piperidine rings is 1. The second-order valence-electron chi connectivity index (χ2n) is 7.88. The zero-order chi connectivity index (χ0) is 19.5. The van der Waals surface area contributed by atoms with Crippen molar-refractivity contribution in [3.05, 3.63) is 18.1 Å². The van der Waals surface area contributed by atoms with Gasteiger partial charge in [-0.05, 0) is 19.8 Å². The van der Waals surface area contributed by atoms with Crippen LogP contribution in [0.3, 0.4) is 0 Å². The average Bonchev–Trinajstić information content (AvgIpc) is 3.10. The lowest BCUT2D eigenvalue weighted by atomic mass is 10.0. The molecule has 152 valence electrons. The number of amides is 2. The minimum atomic E-state index is -0.211. The van der Waals surface area contributed by atoms with E-state index < -0.39 is 0 Å². The third-order valence-electron chi connectivity index (χ3n) is 5.93. The molecule has 28 heavy (non-hydrogen) atoms. The molecular weight excluding hydrogens is 360 g/mol. The SMILES string of the molecule is Cc1nccc(OC2CCN(C(=O)C3CC(=O)N(C4CCOCC4)C3)CC2)n1. The number of carbonyl (C=O) groups excluding carboxylic acids is 2. The molecule has 1 aromatic rings. The van der Waals surface area contributed by atoms with Crippen LogP contribution in [0.15, 0.2) is 12.3 Å². The lowest BCUT2D eigenvalue weighted by Gasteiger charge is -2.34. The fourth-order valence-electron chi connectivity index (χ4n) is 4.37. The van der Waals surface area contributed by atoms with Crippen molar-refractivity contribution in [3.63, 3.8) is 0 Å². The number of carbonyl (C=O) groups is 2. The van der Waals surface area contributed by atoms with E-state index in [-0.39, 0.29) is 29.9 Å². The lowest BCUT2D eigenvalue weighted by molar-refractivity contribution is -0.137. The van der Waals surface area contributed by atoms with Gasteiger partial charge in [-0.3, -0.25) is 9.59 Å². The largest absolute Gasteiger partial charge is 0.474 e. The van der Waals surface area contributed by atoms with Gasteiger partial charge in [-0.15, -0.1) is 0 Å². The summed E-state index contributed by atoms with van der Waals surface area (Å²) in [6.45, 7) is 5.11. The molecule has 3 aliphatic rings. The molecule has 1 unspecified atom stereocenters. The van der Waals surface area contributed by atoms with Crippen molar-refractivity contribution in [2.75, 3.05) is 32.8 Å². The van der Waals surface area contributed by atoms with E-state index >= 15 is 0 Å². The Balaban J connectivity index is 1.27. The van der Waals surface area contributed by atoms with E-state index in [0.29, 0.717) is 51.0 Å². The monoisotopic (exact) mass is 388 g/mol. The van der Waals surface area contributed by atoms with Gasteiger partial charge in [-0.2, -0.15) is 4.98 Å². The minimum absolute atomic E-state index is 0.0577. The highest BCUT2D eigenvalue weighted by Crippen LogP contribution is 2.27. The van der Waals surface area contributed by atoms with Crippen LogP contribution in [0.25, 0.3) is 0 Å². The number of rotatable bonds is 4. The predicted octanol–water partition coefficient (Wildman–Crippen LogP) is 1.18. The summed E-state index contributed by atoms with van der Waals surface area (Å²) in [6, 6.07) is 1.99. The molecule has 4 heterocycles. The number of hydrogen-bond acceptors (Lipinski definition) is 6. The van der Waals surface area contributed by atoms with Gasteiger partial charge in [-0.1, -0.05) is 0 Å². The van der Waals surface area contributed by atoms with Gasteiger partial charge < -0.3 is 19.3 Å². The Morgan fingerprint density at radius 2 is 1.96 bits per heavy atom. The summed E-state index contributed by atoms with van der Waals surface area (Å²) >= 11 is 0. The molecular formula is C20H28N4O4. The number of aryl methyl sites for hydroxylation is 1. The van der Waals surface area contributed by atoms with E-state index in [1.165, 1.54) is 0 Å². The quantitative estimate of drug-likeness (QED) is 0.770. The number of aromatic nitrogens is 2. The van der Waals surface area contributed by atoms with Crippen molar-refractivity contribution in [1.82, 2.24) is 19.8 Å². The number of hydrogen-bond donors (Lipinski definition) is 0. The van der Waals surface area contributed by atoms with Crippen LogP contribution in [0, 0.1) is 12.8 Å². The summed E-state index contributed by atoms with van der Waals surface area (Å²) in [4.78, 5) is 37.6. The number of likely N-dealkylation sites (tertiary alicyclic amines) is 2. The highest BCUT2D eigenvalue weighted by atomic mass is 16.5. The summed E-state index contributed by atoms with van der Waals surface area (Å²) in [5.41, 5.74) is 0. The summed E-state index contributed by atoms with van der Waals surface area (Å²) in [6.07, 6.45) is 5.39. The van der Waals surface area contributed by atoms with Gasteiger partial charge in [-0.25, -0.2) is 4.98 Å². The van der Waals surface area contributed by atoms with Crippen molar-refractivity contribution in [2.45, 2.75) is 51.2 Å². The van der Waals surface area contributed by atoms with Crippen LogP contribution in [-0.4, -0.2) is 76.6 Å². The maximum Gasteiger partial charge on any atom is 0.227 e. The summed E-state index contributed by atoms with van der Waals surface area (Å²) < 4.78 is 11.3. The first-order valence-corrected chi connectivity index (χ1v) is 10.2. The van der Waals surface area contributed by atoms with E-state index in [4.69, 9.17) is 9.47 Å². The van der Waals surface area contributed by atoms with Crippen LogP contribution in [0.4, 0.5) is 0 Å². The predicted molar refractivity (Wildman–Crippen MR) is 101 cm³/mol. The summed E-state index contributed by atoms with van der Waals surface area (Å²) in [7, 11) is 0. The Morgan fingerprint density at radius 1 is 1.21 bits per heavy atom.